The largest absolute Gasteiger partial charge is 0.488 e. The first-order valence-electron chi connectivity index (χ1n) is 5.32. The molecule has 3 heteroatoms. The van der Waals surface area contributed by atoms with Gasteiger partial charge in [0.2, 0.25) is 0 Å². The van der Waals surface area contributed by atoms with Crippen molar-refractivity contribution in [2.75, 3.05) is 20.6 Å². The van der Waals surface area contributed by atoms with Gasteiger partial charge in [-0.1, -0.05) is 17.7 Å². The number of hydrogen-bond acceptors (Lipinski definition) is 3. The summed E-state index contributed by atoms with van der Waals surface area (Å²) >= 11 is 0. The lowest BCUT2D eigenvalue weighted by Gasteiger charge is -2.16. The molecule has 1 aromatic carbocycles. The number of ether oxygens (including phenoxy) is 1. The molecular formula is C12H18N2O. The van der Waals surface area contributed by atoms with Crippen molar-refractivity contribution in [1.82, 2.24) is 10.4 Å². The quantitative estimate of drug-likeness (QED) is 0.756. The number of hydrogen-bond donors (Lipinski definition) is 1. The van der Waals surface area contributed by atoms with Crippen LogP contribution in [-0.2, 0) is 6.42 Å². The first-order valence-corrected chi connectivity index (χ1v) is 5.32. The summed E-state index contributed by atoms with van der Waals surface area (Å²) in [4.78, 5) is 0. The Morgan fingerprint density at radius 3 is 3.00 bits per heavy atom. The van der Waals surface area contributed by atoms with Crippen molar-refractivity contribution in [3.8, 4) is 5.75 Å². The van der Waals surface area contributed by atoms with Crippen LogP contribution in [0.15, 0.2) is 18.2 Å². The molecular weight excluding hydrogens is 188 g/mol. The Morgan fingerprint density at radius 2 is 2.27 bits per heavy atom. The molecule has 3 nitrogen and oxygen atoms in total. The SMILES string of the molecule is Cc1ccc2c(c1)CC(CNN(C)C)O2. The molecule has 0 saturated heterocycles. The predicted octanol–water partition coefficient (Wildman–Crippen LogP) is 1.36. The fraction of sp³-hybridized carbons (Fsp3) is 0.500. The van der Waals surface area contributed by atoms with E-state index in [1.807, 2.05) is 19.1 Å². The third-order valence-electron chi connectivity index (χ3n) is 2.59. The molecule has 0 aromatic heterocycles. The van der Waals surface area contributed by atoms with E-state index >= 15 is 0 Å². The molecule has 1 unspecified atom stereocenters. The van der Waals surface area contributed by atoms with Crippen molar-refractivity contribution in [3.05, 3.63) is 29.3 Å². The number of rotatable bonds is 3. The summed E-state index contributed by atoms with van der Waals surface area (Å²) < 4.78 is 5.82. The molecule has 82 valence electrons. The van der Waals surface area contributed by atoms with E-state index < -0.39 is 0 Å². The molecule has 15 heavy (non-hydrogen) atoms. The van der Waals surface area contributed by atoms with Gasteiger partial charge in [0.1, 0.15) is 11.9 Å². The molecule has 1 N–H and O–H groups in total. The fourth-order valence-corrected chi connectivity index (χ4v) is 1.85. The number of hydrazine groups is 1. The van der Waals surface area contributed by atoms with Gasteiger partial charge >= 0.3 is 0 Å². The van der Waals surface area contributed by atoms with E-state index in [9.17, 15) is 0 Å². The van der Waals surface area contributed by atoms with E-state index in [-0.39, 0.29) is 6.10 Å². The highest BCUT2D eigenvalue weighted by Gasteiger charge is 2.22. The van der Waals surface area contributed by atoms with Crippen LogP contribution < -0.4 is 10.2 Å². The molecule has 0 spiro atoms. The summed E-state index contributed by atoms with van der Waals surface area (Å²) in [5, 5.41) is 1.96. The van der Waals surface area contributed by atoms with E-state index in [0.29, 0.717) is 0 Å². The minimum absolute atomic E-state index is 0.268. The molecule has 2 rings (SSSR count). The Bertz CT molecular complexity index is 349. The standard InChI is InChI=1S/C12H18N2O/c1-9-4-5-12-10(6-9)7-11(15-12)8-13-14(2)3/h4-6,11,13H,7-8H2,1-3H3. The molecule has 0 amide bonds. The molecule has 1 atom stereocenters. The molecule has 0 radical (unpaired) electrons. The summed E-state index contributed by atoms with van der Waals surface area (Å²) in [5.74, 6) is 1.05. The lowest BCUT2D eigenvalue weighted by Crippen LogP contribution is -2.38. The van der Waals surface area contributed by atoms with Gasteiger partial charge in [-0.05, 0) is 18.6 Å². The van der Waals surface area contributed by atoms with Crippen LogP contribution in [0.3, 0.4) is 0 Å². The van der Waals surface area contributed by atoms with Crippen LogP contribution in [0.1, 0.15) is 11.1 Å². The van der Waals surface area contributed by atoms with E-state index in [1.165, 1.54) is 11.1 Å². The van der Waals surface area contributed by atoms with Gasteiger partial charge in [-0.3, -0.25) is 10.4 Å². The van der Waals surface area contributed by atoms with Crippen molar-refractivity contribution in [2.24, 2.45) is 0 Å². The second-order valence-corrected chi connectivity index (χ2v) is 4.31. The fourth-order valence-electron chi connectivity index (χ4n) is 1.85. The predicted molar refractivity (Wildman–Crippen MR) is 61.0 cm³/mol. The van der Waals surface area contributed by atoms with Crippen molar-refractivity contribution >= 4 is 0 Å². The van der Waals surface area contributed by atoms with Crippen molar-refractivity contribution in [3.63, 3.8) is 0 Å². The molecule has 0 bridgehead atoms. The first-order chi connectivity index (χ1) is 7.15. The zero-order chi connectivity index (χ0) is 10.8. The normalized spacial score (nSPS) is 19.1. The summed E-state index contributed by atoms with van der Waals surface area (Å²) in [7, 11) is 3.98. The molecule has 1 aliphatic rings. The smallest absolute Gasteiger partial charge is 0.123 e. The number of aryl methyl sites for hydroxylation is 1. The summed E-state index contributed by atoms with van der Waals surface area (Å²) in [6, 6.07) is 6.38. The van der Waals surface area contributed by atoms with Gasteiger partial charge in [0.05, 0.1) is 0 Å². The first kappa shape index (κ1) is 10.5. The van der Waals surface area contributed by atoms with Crippen LogP contribution in [0, 0.1) is 6.92 Å². The molecule has 1 aliphatic heterocycles. The van der Waals surface area contributed by atoms with Crippen LogP contribution in [0.5, 0.6) is 5.75 Å². The van der Waals surface area contributed by atoms with Crippen molar-refractivity contribution in [1.29, 1.82) is 0 Å². The van der Waals surface area contributed by atoms with E-state index in [0.717, 1.165) is 18.7 Å². The van der Waals surface area contributed by atoms with Gasteiger partial charge < -0.3 is 4.74 Å². The van der Waals surface area contributed by atoms with E-state index in [4.69, 9.17) is 4.74 Å². The van der Waals surface area contributed by atoms with Crippen molar-refractivity contribution in [2.45, 2.75) is 19.4 Å². The Hall–Kier alpha value is -1.06. The molecule has 1 heterocycles. The van der Waals surface area contributed by atoms with Crippen molar-refractivity contribution < 1.29 is 4.74 Å². The molecule has 1 aromatic rings. The monoisotopic (exact) mass is 206 g/mol. The van der Waals surface area contributed by atoms with E-state index in [1.54, 1.807) is 0 Å². The minimum Gasteiger partial charge on any atom is -0.488 e. The number of benzene rings is 1. The maximum Gasteiger partial charge on any atom is 0.123 e. The maximum absolute atomic E-state index is 5.82. The van der Waals surface area contributed by atoms with Gasteiger partial charge in [-0.25, -0.2) is 0 Å². The van der Waals surface area contributed by atoms with Crippen LogP contribution in [0.4, 0.5) is 0 Å². The van der Waals surface area contributed by atoms with Gasteiger partial charge in [-0.2, -0.15) is 0 Å². The minimum atomic E-state index is 0.268. The number of fused-ring (bicyclic) bond motifs is 1. The highest BCUT2D eigenvalue weighted by atomic mass is 16.5. The number of nitrogens with zero attached hydrogens (tertiary/aromatic N) is 1. The van der Waals surface area contributed by atoms with Gasteiger partial charge in [0.25, 0.3) is 0 Å². The summed E-state index contributed by atoms with van der Waals surface area (Å²) in [6.45, 7) is 2.98. The Labute approximate surface area is 91.0 Å². The zero-order valence-electron chi connectivity index (χ0n) is 9.58. The third kappa shape index (κ3) is 2.49. The van der Waals surface area contributed by atoms with E-state index in [2.05, 4.69) is 30.5 Å². The average molecular weight is 206 g/mol. The van der Waals surface area contributed by atoms with Crippen LogP contribution >= 0.6 is 0 Å². The van der Waals surface area contributed by atoms with Crippen LogP contribution in [-0.4, -0.2) is 31.8 Å². The van der Waals surface area contributed by atoms with Gasteiger partial charge in [0.15, 0.2) is 0 Å². The lowest BCUT2D eigenvalue weighted by atomic mass is 10.1. The van der Waals surface area contributed by atoms with Gasteiger partial charge in [-0.15, -0.1) is 0 Å². The zero-order valence-corrected chi connectivity index (χ0v) is 9.58. The third-order valence-corrected chi connectivity index (χ3v) is 2.59. The highest BCUT2D eigenvalue weighted by Crippen LogP contribution is 2.29. The van der Waals surface area contributed by atoms with Gasteiger partial charge in [0, 0.05) is 27.1 Å². The Kier molecular flexibility index (Phi) is 2.93. The summed E-state index contributed by atoms with van der Waals surface area (Å²) in [5.41, 5.74) is 5.88. The number of nitrogens with one attached hydrogen (secondary N) is 1. The maximum atomic E-state index is 5.82. The average Bonchev–Trinajstić information content (AvgIpc) is 2.56. The lowest BCUT2D eigenvalue weighted by molar-refractivity contribution is 0.181. The molecule has 0 aliphatic carbocycles. The molecule has 0 fully saturated rings. The summed E-state index contributed by atoms with van der Waals surface area (Å²) in [6.07, 6.45) is 1.28. The highest BCUT2D eigenvalue weighted by molar-refractivity contribution is 5.40. The second-order valence-electron chi connectivity index (χ2n) is 4.31. The Balaban J connectivity index is 1.97. The second kappa shape index (κ2) is 4.21. The Morgan fingerprint density at radius 1 is 1.47 bits per heavy atom. The topological polar surface area (TPSA) is 24.5 Å². The molecule has 0 saturated carbocycles. The van der Waals surface area contributed by atoms with Crippen LogP contribution in [0.25, 0.3) is 0 Å². The van der Waals surface area contributed by atoms with Crippen LogP contribution in [0.2, 0.25) is 0 Å².